The number of nitrogens with one attached hydrogen (secondary N) is 1. The number of amides is 1. The molecule has 2 atom stereocenters. The minimum Gasteiger partial charge on any atom is -0.341 e. The minimum absolute atomic E-state index is 0.360. The van der Waals surface area contributed by atoms with Crippen molar-refractivity contribution in [2.24, 2.45) is 11.8 Å². The van der Waals surface area contributed by atoms with Crippen LogP contribution in [0, 0.1) is 11.8 Å². The van der Waals surface area contributed by atoms with E-state index in [0.717, 1.165) is 19.1 Å². The molecule has 3 nitrogen and oxygen atoms in total. The third-order valence-corrected chi connectivity index (χ3v) is 4.22. The second kappa shape index (κ2) is 6.74. The van der Waals surface area contributed by atoms with E-state index in [1.54, 1.807) is 0 Å². The highest BCUT2D eigenvalue weighted by Gasteiger charge is 2.32. The molecular weight excluding hydrogens is 236 g/mol. The molecule has 1 heterocycles. The molecular formula is C16H30N2O. The number of hydrogen-bond acceptors (Lipinski definition) is 2. The fraction of sp³-hybridized carbons (Fsp3) is 0.938. The molecule has 1 saturated heterocycles. The summed E-state index contributed by atoms with van der Waals surface area (Å²) in [6.45, 7) is 8.43. The van der Waals surface area contributed by atoms with Crippen LogP contribution in [0.15, 0.2) is 0 Å². The zero-order chi connectivity index (χ0) is 13.8. The maximum atomic E-state index is 12.3. The number of hydrogen-bond donors (Lipinski definition) is 1. The Morgan fingerprint density at radius 1 is 1.26 bits per heavy atom. The van der Waals surface area contributed by atoms with Gasteiger partial charge in [-0.1, -0.05) is 27.2 Å². The summed E-state index contributed by atoms with van der Waals surface area (Å²) < 4.78 is 0. The highest BCUT2D eigenvalue weighted by atomic mass is 16.2. The molecule has 3 heteroatoms. The third-order valence-electron chi connectivity index (χ3n) is 4.22. The molecule has 2 fully saturated rings. The van der Waals surface area contributed by atoms with Crippen LogP contribution < -0.4 is 5.32 Å². The van der Waals surface area contributed by atoms with Crippen LogP contribution >= 0.6 is 0 Å². The Balaban J connectivity index is 1.90. The van der Waals surface area contributed by atoms with Crippen molar-refractivity contribution in [3.8, 4) is 0 Å². The van der Waals surface area contributed by atoms with Crippen molar-refractivity contribution in [1.82, 2.24) is 10.2 Å². The highest BCUT2D eigenvalue weighted by molar-refractivity contribution is 5.76. The largest absolute Gasteiger partial charge is 0.341 e. The Labute approximate surface area is 118 Å². The van der Waals surface area contributed by atoms with Gasteiger partial charge in [0.1, 0.15) is 0 Å². The van der Waals surface area contributed by atoms with Gasteiger partial charge in [-0.25, -0.2) is 0 Å². The van der Waals surface area contributed by atoms with Crippen LogP contribution in [0.1, 0.15) is 59.3 Å². The minimum atomic E-state index is 0.360. The van der Waals surface area contributed by atoms with Crippen molar-refractivity contribution in [3.63, 3.8) is 0 Å². The normalized spacial score (nSPS) is 27.9. The van der Waals surface area contributed by atoms with Gasteiger partial charge in [0, 0.05) is 31.6 Å². The van der Waals surface area contributed by atoms with Gasteiger partial charge in [-0.15, -0.1) is 0 Å². The van der Waals surface area contributed by atoms with Crippen LogP contribution in [-0.2, 0) is 4.79 Å². The SMILES string of the molecule is CCCC1CC(NC2CC2)CN(C(=O)CC(C)C)C1. The van der Waals surface area contributed by atoms with Crippen LogP contribution in [0.4, 0.5) is 0 Å². The maximum absolute atomic E-state index is 12.3. The number of carbonyl (C=O) groups excluding carboxylic acids is 1. The molecule has 0 aromatic heterocycles. The van der Waals surface area contributed by atoms with Crippen molar-refractivity contribution < 1.29 is 4.79 Å². The summed E-state index contributed by atoms with van der Waals surface area (Å²) in [6, 6.07) is 1.28. The van der Waals surface area contributed by atoms with Crippen LogP contribution in [0.5, 0.6) is 0 Å². The monoisotopic (exact) mass is 266 g/mol. The van der Waals surface area contributed by atoms with Crippen LogP contribution in [0.3, 0.4) is 0 Å². The number of nitrogens with zero attached hydrogens (tertiary/aromatic N) is 1. The standard InChI is InChI=1S/C16H30N2O/c1-4-5-13-9-15(17-14-6-7-14)11-18(10-13)16(19)8-12(2)3/h12-15,17H,4-11H2,1-3H3. The lowest BCUT2D eigenvalue weighted by Gasteiger charge is -2.38. The van der Waals surface area contributed by atoms with E-state index in [2.05, 4.69) is 31.0 Å². The summed E-state index contributed by atoms with van der Waals surface area (Å²) in [7, 11) is 0. The molecule has 19 heavy (non-hydrogen) atoms. The molecule has 2 aliphatic rings. The van der Waals surface area contributed by atoms with Gasteiger partial charge in [0.15, 0.2) is 0 Å². The predicted octanol–water partition coefficient (Wildman–Crippen LogP) is 2.80. The lowest BCUT2D eigenvalue weighted by Crippen LogP contribution is -2.52. The molecule has 1 aliphatic heterocycles. The maximum Gasteiger partial charge on any atom is 0.222 e. The third kappa shape index (κ3) is 4.79. The first-order chi connectivity index (χ1) is 9.08. The average molecular weight is 266 g/mol. The van der Waals surface area contributed by atoms with E-state index in [4.69, 9.17) is 0 Å². The van der Waals surface area contributed by atoms with E-state index in [-0.39, 0.29) is 0 Å². The van der Waals surface area contributed by atoms with E-state index in [9.17, 15) is 4.79 Å². The van der Waals surface area contributed by atoms with Gasteiger partial charge < -0.3 is 10.2 Å². The highest BCUT2D eigenvalue weighted by Crippen LogP contribution is 2.26. The number of likely N-dealkylation sites (tertiary alicyclic amines) is 1. The molecule has 0 aromatic carbocycles. The number of rotatable bonds is 6. The van der Waals surface area contributed by atoms with Gasteiger partial charge in [0.05, 0.1) is 0 Å². The smallest absolute Gasteiger partial charge is 0.222 e. The van der Waals surface area contributed by atoms with Crippen molar-refractivity contribution in [3.05, 3.63) is 0 Å². The first-order valence-corrected chi connectivity index (χ1v) is 8.12. The molecule has 2 unspecified atom stereocenters. The zero-order valence-corrected chi connectivity index (χ0v) is 12.8. The van der Waals surface area contributed by atoms with Crippen molar-refractivity contribution in [1.29, 1.82) is 0 Å². The first kappa shape index (κ1) is 14.8. The first-order valence-electron chi connectivity index (χ1n) is 8.12. The Bertz CT molecular complexity index is 299. The summed E-state index contributed by atoms with van der Waals surface area (Å²) in [4.78, 5) is 14.4. The van der Waals surface area contributed by atoms with Gasteiger partial charge >= 0.3 is 0 Å². The Morgan fingerprint density at radius 2 is 2.00 bits per heavy atom. The van der Waals surface area contributed by atoms with Gasteiger partial charge in [0.2, 0.25) is 5.91 Å². The summed E-state index contributed by atoms with van der Waals surface area (Å²) in [5.41, 5.74) is 0. The van der Waals surface area contributed by atoms with Gasteiger partial charge in [0.25, 0.3) is 0 Å². The summed E-state index contributed by atoms with van der Waals surface area (Å²) in [5, 5.41) is 3.73. The van der Waals surface area contributed by atoms with E-state index >= 15 is 0 Å². The lowest BCUT2D eigenvalue weighted by atomic mass is 9.90. The fourth-order valence-electron chi connectivity index (χ4n) is 3.21. The molecule has 2 rings (SSSR count). The van der Waals surface area contributed by atoms with E-state index < -0.39 is 0 Å². The second-order valence-corrected chi connectivity index (χ2v) is 6.92. The molecule has 110 valence electrons. The molecule has 0 aromatic rings. The molecule has 0 radical (unpaired) electrons. The van der Waals surface area contributed by atoms with Crippen molar-refractivity contribution in [2.45, 2.75) is 71.4 Å². The average Bonchev–Trinajstić information content (AvgIpc) is 3.12. The molecule has 0 spiro atoms. The van der Waals surface area contributed by atoms with Crippen molar-refractivity contribution in [2.75, 3.05) is 13.1 Å². The van der Waals surface area contributed by atoms with E-state index in [0.29, 0.717) is 30.2 Å². The van der Waals surface area contributed by atoms with Crippen LogP contribution in [0.25, 0.3) is 0 Å². The van der Waals surface area contributed by atoms with Crippen LogP contribution in [-0.4, -0.2) is 36.0 Å². The predicted molar refractivity (Wildman–Crippen MR) is 79.0 cm³/mol. The van der Waals surface area contributed by atoms with Gasteiger partial charge in [-0.2, -0.15) is 0 Å². The van der Waals surface area contributed by atoms with E-state index in [1.165, 1.54) is 32.1 Å². The summed E-state index contributed by atoms with van der Waals surface area (Å²) in [6.07, 6.45) is 7.11. The molecule has 0 bridgehead atoms. The summed E-state index contributed by atoms with van der Waals surface area (Å²) >= 11 is 0. The Hall–Kier alpha value is -0.570. The molecule has 1 N–H and O–H groups in total. The molecule has 1 saturated carbocycles. The Morgan fingerprint density at radius 3 is 2.58 bits per heavy atom. The van der Waals surface area contributed by atoms with E-state index in [1.807, 2.05) is 0 Å². The Kier molecular flexibility index (Phi) is 5.26. The number of piperidine rings is 1. The van der Waals surface area contributed by atoms with Crippen molar-refractivity contribution >= 4 is 5.91 Å². The summed E-state index contributed by atoms with van der Waals surface area (Å²) in [5.74, 6) is 1.53. The fourth-order valence-corrected chi connectivity index (χ4v) is 3.21. The number of carbonyl (C=O) groups is 1. The van der Waals surface area contributed by atoms with Gasteiger partial charge in [-0.05, 0) is 37.5 Å². The second-order valence-electron chi connectivity index (χ2n) is 6.92. The quantitative estimate of drug-likeness (QED) is 0.802. The molecule has 1 amide bonds. The van der Waals surface area contributed by atoms with Crippen LogP contribution in [0.2, 0.25) is 0 Å². The van der Waals surface area contributed by atoms with Gasteiger partial charge in [-0.3, -0.25) is 4.79 Å². The topological polar surface area (TPSA) is 32.3 Å². The lowest BCUT2D eigenvalue weighted by molar-refractivity contribution is -0.134. The zero-order valence-electron chi connectivity index (χ0n) is 12.8. The molecule has 1 aliphatic carbocycles.